The Kier molecular flexibility index (Phi) is 3.40. The fourth-order valence-electron chi connectivity index (χ4n) is 2.05. The average molecular weight is 238 g/mol. The van der Waals surface area contributed by atoms with Crippen molar-refractivity contribution in [2.75, 3.05) is 25.1 Å². The van der Waals surface area contributed by atoms with E-state index in [0.29, 0.717) is 12.2 Å². The maximum absolute atomic E-state index is 13.2. The summed E-state index contributed by atoms with van der Waals surface area (Å²) in [4.78, 5) is 13.6. The van der Waals surface area contributed by atoms with Gasteiger partial charge in [0.05, 0.1) is 0 Å². The Morgan fingerprint density at radius 2 is 2.41 bits per heavy atom. The molecular formula is C12H15FN2O2. The third kappa shape index (κ3) is 2.16. The lowest BCUT2D eigenvalue weighted by Gasteiger charge is -2.22. The highest BCUT2D eigenvalue weighted by Gasteiger charge is 2.29. The van der Waals surface area contributed by atoms with E-state index in [1.54, 1.807) is 11.0 Å². The van der Waals surface area contributed by atoms with Crippen LogP contribution in [-0.4, -0.2) is 32.2 Å². The molecule has 0 bridgehead atoms. The Hall–Kier alpha value is -1.46. The molecule has 0 fully saturated rings. The van der Waals surface area contributed by atoms with Crippen molar-refractivity contribution in [2.24, 2.45) is 5.73 Å². The van der Waals surface area contributed by atoms with Crippen LogP contribution in [0.4, 0.5) is 10.1 Å². The maximum atomic E-state index is 13.2. The maximum Gasteiger partial charge on any atom is 0.257 e. The number of nitrogens with zero attached hydrogens (tertiary/aromatic N) is 1. The number of amides is 1. The zero-order valence-electron chi connectivity index (χ0n) is 9.65. The second kappa shape index (κ2) is 4.81. The lowest BCUT2D eigenvalue weighted by atomic mass is 10.1. The van der Waals surface area contributed by atoms with Gasteiger partial charge in [0.2, 0.25) is 0 Å². The molecule has 1 aliphatic heterocycles. The van der Waals surface area contributed by atoms with Crippen LogP contribution in [0.5, 0.6) is 0 Å². The number of benzene rings is 1. The van der Waals surface area contributed by atoms with Gasteiger partial charge in [0.25, 0.3) is 5.91 Å². The molecule has 0 aromatic heterocycles. The third-order valence-corrected chi connectivity index (χ3v) is 2.98. The van der Waals surface area contributed by atoms with Crippen LogP contribution in [0, 0.1) is 5.82 Å². The fourth-order valence-corrected chi connectivity index (χ4v) is 2.05. The molecule has 1 aliphatic rings. The van der Waals surface area contributed by atoms with Gasteiger partial charge in [-0.2, -0.15) is 0 Å². The standard InChI is InChI=1S/C12H15FN2O2/c1-17-11(7-14)12(16)15-5-4-8-2-3-9(13)6-10(8)15/h2-3,6,11H,4-5,7,14H2,1H3. The van der Waals surface area contributed by atoms with Crippen molar-refractivity contribution in [1.82, 2.24) is 0 Å². The van der Waals surface area contributed by atoms with Crippen LogP contribution in [0.1, 0.15) is 5.56 Å². The van der Waals surface area contributed by atoms with Crippen molar-refractivity contribution >= 4 is 11.6 Å². The Labute approximate surface area is 99.2 Å². The van der Waals surface area contributed by atoms with Gasteiger partial charge in [0, 0.05) is 25.9 Å². The smallest absolute Gasteiger partial charge is 0.257 e. The van der Waals surface area contributed by atoms with Gasteiger partial charge in [-0.1, -0.05) is 6.07 Å². The molecule has 1 aromatic rings. The number of nitrogens with two attached hydrogens (primary N) is 1. The van der Waals surface area contributed by atoms with E-state index in [2.05, 4.69) is 0 Å². The first-order chi connectivity index (χ1) is 8.17. The van der Waals surface area contributed by atoms with Crippen LogP contribution in [-0.2, 0) is 16.0 Å². The SMILES string of the molecule is COC(CN)C(=O)N1CCc2ccc(F)cc21. The van der Waals surface area contributed by atoms with E-state index in [9.17, 15) is 9.18 Å². The minimum atomic E-state index is -0.663. The third-order valence-electron chi connectivity index (χ3n) is 2.98. The number of methoxy groups -OCH3 is 1. The number of hydrogen-bond acceptors (Lipinski definition) is 3. The summed E-state index contributed by atoms with van der Waals surface area (Å²) in [5.74, 6) is -0.551. The van der Waals surface area contributed by atoms with Crippen molar-refractivity contribution < 1.29 is 13.9 Å². The molecule has 1 unspecified atom stereocenters. The molecule has 0 spiro atoms. The molecule has 1 heterocycles. The second-order valence-electron chi connectivity index (χ2n) is 3.97. The number of ether oxygens (including phenoxy) is 1. The van der Waals surface area contributed by atoms with E-state index in [1.165, 1.54) is 19.2 Å². The molecule has 2 rings (SSSR count). The number of carbonyl (C=O) groups excluding carboxylic acids is 1. The highest BCUT2D eigenvalue weighted by atomic mass is 19.1. The van der Waals surface area contributed by atoms with Gasteiger partial charge in [-0.15, -0.1) is 0 Å². The number of rotatable bonds is 3. The molecule has 0 aliphatic carbocycles. The number of hydrogen-bond donors (Lipinski definition) is 1. The zero-order valence-corrected chi connectivity index (χ0v) is 9.65. The average Bonchev–Trinajstić information content (AvgIpc) is 2.73. The normalized spacial score (nSPS) is 15.8. The number of carbonyl (C=O) groups is 1. The van der Waals surface area contributed by atoms with Gasteiger partial charge in [-0.3, -0.25) is 4.79 Å². The number of halogens is 1. The molecule has 0 radical (unpaired) electrons. The predicted octanol–water partition coefficient (Wildman–Crippen LogP) is 0.689. The molecule has 5 heteroatoms. The zero-order chi connectivity index (χ0) is 12.4. The summed E-state index contributed by atoms with van der Waals surface area (Å²) in [7, 11) is 1.44. The quantitative estimate of drug-likeness (QED) is 0.842. The monoisotopic (exact) mass is 238 g/mol. The van der Waals surface area contributed by atoms with Crippen molar-refractivity contribution in [3.63, 3.8) is 0 Å². The Balaban J connectivity index is 2.27. The minimum absolute atomic E-state index is 0.122. The van der Waals surface area contributed by atoms with Gasteiger partial charge < -0.3 is 15.4 Å². The summed E-state index contributed by atoms with van der Waals surface area (Å²) in [6.45, 7) is 0.675. The number of fused-ring (bicyclic) bond motifs is 1. The number of anilines is 1. The first-order valence-electron chi connectivity index (χ1n) is 5.50. The van der Waals surface area contributed by atoms with Crippen molar-refractivity contribution in [1.29, 1.82) is 0 Å². The highest BCUT2D eigenvalue weighted by molar-refractivity contribution is 5.98. The van der Waals surface area contributed by atoms with E-state index >= 15 is 0 Å². The van der Waals surface area contributed by atoms with Crippen molar-refractivity contribution in [3.8, 4) is 0 Å². The van der Waals surface area contributed by atoms with E-state index in [-0.39, 0.29) is 18.3 Å². The molecule has 1 atom stereocenters. The summed E-state index contributed by atoms with van der Waals surface area (Å²) in [6.07, 6.45) is 0.0757. The Morgan fingerprint density at radius 1 is 1.65 bits per heavy atom. The predicted molar refractivity (Wildman–Crippen MR) is 62.3 cm³/mol. The van der Waals surface area contributed by atoms with Crippen LogP contribution in [0.15, 0.2) is 18.2 Å². The summed E-state index contributed by atoms with van der Waals surface area (Å²) < 4.78 is 18.2. The first-order valence-corrected chi connectivity index (χ1v) is 5.50. The minimum Gasteiger partial charge on any atom is -0.370 e. The highest BCUT2D eigenvalue weighted by Crippen LogP contribution is 2.29. The van der Waals surface area contributed by atoms with E-state index in [0.717, 1.165) is 12.0 Å². The van der Waals surface area contributed by atoms with Gasteiger partial charge >= 0.3 is 0 Å². The largest absolute Gasteiger partial charge is 0.370 e. The molecular weight excluding hydrogens is 223 g/mol. The molecule has 0 saturated heterocycles. The van der Waals surface area contributed by atoms with Crippen LogP contribution < -0.4 is 10.6 Å². The summed E-state index contributed by atoms with van der Waals surface area (Å²) >= 11 is 0. The molecule has 17 heavy (non-hydrogen) atoms. The van der Waals surface area contributed by atoms with E-state index < -0.39 is 6.10 Å². The van der Waals surface area contributed by atoms with Crippen LogP contribution in [0.25, 0.3) is 0 Å². The van der Waals surface area contributed by atoms with Crippen LogP contribution in [0.2, 0.25) is 0 Å². The Bertz CT molecular complexity index is 433. The summed E-state index contributed by atoms with van der Waals surface area (Å²) in [5, 5.41) is 0. The molecule has 4 nitrogen and oxygen atoms in total. The van der Waals surface area contributed by atoms with E-state index in [4.69, 9.17) is 10.5 Å². The van der Waals surface area contributed by atoms with Gasteiger partial charge in [-0.25, -0.2) is 4.39 Å². The summed E-state index contributed by atoms with van der Waals surface area (Å²) in [6, 6.07) is 4.50. The van der Waals surface area contributed by atoms with E-state index in [1.807, 2.05) is 0 Å². The second-order valence-corrected chi connectivity index (χ2v) is 3.97. The van der Waals surface area contributed by atoms with Gasteiger partial charge in [-0.05, 0) is 24.1 Å². The topological polar surface area (TPSA) is 55.6 Å². The fraction of sp³-hybridized carbons (Fsp3) is 0.417. The lowest BCUT2D eigenvalue weighted by molar-refractivity contribution is -0.127. The molecule has 1 aromatic carbocycles. The van der Waals surface area contributed by atoms with Crippen molar-refractivity contribution in [3.05, 3.63) is 29.6 Å². The van der Waals surface area contributed by atoms with Crippen LogP contribution in [0.3, 0.4) is 0 Å². The molecule has 2 N–H and O–H groups in total. The van der Waals surface area contributed by atoms with Crippen LogP contribution >= 0.6 is 0 Å². The summed E-state index contributed by atoms with van der Waals surface area (Å²) in [5.41, 5.74) is 7.06. The molecule has 1 amide bonds. The van der Waals surface area contributed by atoms with Crippen molar-refractivity contribution in [2.45, 2.75) is 12.5 Å². The lowest BCUT2D eigenvalue weighted by Crippen LogP contribution is -2.43. The van der Waals surface area contributed by atoms with Gasteiger partial charge in [0.15, 0.2) is 0 Å². The van der Waals surface area contributed by atoms with Gasteiger partial charge in [0.1, 0.15) is 11.9 Å². The Morgan fingerprint density at radius 3 is 3.06 bits per heavy atom. The first kappa shape index (κ1) is 12.0. The molecule has 92 valence electrons. The molecule has 0 saturated carbocycles.